The van der Waals surface area contributed by atoms with Crippen molar-refractivity contribution >= 4 is 35.8 Å². The second-order valence-corrected chi connectivity index (χ2v) is 8.06. The molecule has 7 nitrogen and oxygen atoms in total. The SMILES string of the molecule is CCNC(=NCc1cccc(OCC(=O)N(C)C)c1)N1CCOC(c2ccccc2C)C1.I. The second kappa shape index (κ2) is 13.4. The summed E-state index contributed by atoms with van der Waals surface area (Å²) in [4.78, 5) is 20.4. The van der Waals surface area contributed by atoms with Crippen molar-refractivity contribution in [3.8, 4) is 5.75 Å². The lowest BCUT2D eigenvalue weighted by atomic mass is 10.0. The number of nitrogens with zero attached hydrogens (tertiary/aromatic N) is 3. The molecule has 8 heteroatoms. The van der Waals surface area contributed by atoms with Crippen LogP contribution in [0.5, 0.6) is 5.75 Å². The van der Waals surface area contributed by atoms with Gasteiger partial charge in [0.1, 0.15) is 11.9 Å². The number of likely N-dealkylation sites (N-methyl/N-ethyl adjacent to an activating group) is 1. The first kappa shape index (κ1) is 26.9. The minimum atomic E-state index is -0.0709. The largest absolute Gasteiger partial charge is 0.484 e. The van der Waals surface area contributed by atoms with Crippen molar-refractivity contribution in [3.63, 3.8) is 0 Å². The Kier molecular flexibility index (Phi) is 10.9. The smallest absolute Gasteiger partial charge is 0.259 e. The highest BCUT2D eigenvalue weighted by molar-refractivity contribution is 14.0. The second-order valence-electron chi connectivity index (χ2n) is 8.06. The molecule has 1 fully saturated rings. The van der Waals surface area contributed by atoms with Crippen LogP contribution in [0.4, 0.5) is 0 Å². The summed E-state index contributed by atoms with van der Waals surface area (Å²) in [7, 11) is 3.43. The van der Waals surface area contributed by atoms with E-state index in [0.717, 1.165) is 31.2 Å². The molecule has 0 saturated carbocycles. The van der Waals surface area contributed by atoms with Crippen molar-refractivity contribution in [3.05, 3.63) is 65.2 Å². The fourth-order valence-electron chi connectivity index (χ4n) is 3.58. The minimum Gasteiger partial charge on any atom is -0.484 e. The topological polar surface area (TPSA) is 66.4 Å². The number of nitrogens with one attached hydrogen (secondary N) is 1. The van der Waals surface area contributed by atoms with Gasteiger partial charge in [0, 0.05) is 27.2 Å². The average Bonchev–Trinajstić information content (AvgIpc) is 2.80. The lowest BCUT2D eigenvalue weighted by Gasteiger charge is -2.35. The van der Waals surface area contributed by atoms with E-state index in [9.17, 15) is 4.79 Å². The molecule has 0 aromatic heterocycles. The predicted molar refractivity (Wildman–Crippen MR) is 142 cm³/mol. The highest BCUT2D eigenvalue weighted by Crippen LogP contribution is 2.25. The Bertz CT molecular complexity index is 935. The third-order valence-corrected chi connectivity index (χ3v) is 5.41. The number of aryl methyl sites for hydroxylation is 1. The molecular weight excluding hydrogens is 531 g/mol. The number of rotatable bonds is 7. The van der Waals surface area contributed by atoms with Crippen LogP contribution < -0.4 is 10.1 Å². The summed E-state index contributed by atoms with van der Waals surface area (Å²) in [5, 5.41) is 3.42. The lowest BCUT2D eigenvalue weighted by Crippen LogP contribution is -2.48. The molecule has 1 aliphatic heterocycles. The Hall–Kier alpha value is -2.33. The van der Waals surface area contributed by atoms with Gasteiger partial charge in [0.2, 0.25) is 0 Å². The van der Waals surface area contributed by atoms with E-state index in [0.29, 0.717) is 18.9 Å². The standard InChI is InChI=1S/C25H34N4O3.HI/c1-5-26-25(29-13-14-31-23(17-29)22-12-7-6-9-19(22)2)27-16-20-10-8-11-21(15-20)32-18-24(30)28(3)4;/h6-12,15,23H,5,13-14,16-18H2,1-4H3,(H,26,27);1H. The number of ether oxygens (including phenoxy) is 2. The fourth-order valence-corrected chi connectivity index (χ4v) is 3.58. The quantitative estimate of drug-likeness (QED) is 0.315. The Morgan fingerprint density at radius 1 is 1.24 bits per heavy atom. The van der Waals surface area contributed by atoms with E-state index >= 15 is 0 Å². The van der Waals surface area contributed by atoms with Crippen molar-refractivity contribution in [1.82, 2.24) is 15.1 Å². The summed E-state index contributed by atoms with van der Waals surface area (Å²) in [5.41, 5.74) is 3.50. The van der Waals surface area contributed by atoms with Crippen LogP contribution in [0.1, 0.15) is 29.7 Å². The maximum atomic E-state index is 11.8. The Labute approximate surface area is 214 Å². The highest BCUT2D eigenvalue weighted by Gasteiger charge is 2.25. The van der Waals surface area contributed by atoms with Crippen LogP contribution >= 0.6 is 24.0 Å². The van der Waals surface area contributed by atoms with E-state index in [4.69, 9.17) is 14.5 Å². The zero-order valence-electron chi connectivity index (χ0n) is 19.9. The number of morpholine rings is 1. The first-order valence-corrected chi connectivity index (χ1v) is 11.1. The third-order valence-electron chi connectivity index (χ3n) is 5.41. The van der Waals surface area contributed by atoms with Gasteiger partial charge < -0.3 is 24.6 Å². The van der Waals surface area contributed by atoms with Crippen LogP contribution in [0.25, 0.3) is 0 Å². The van der Waals surface area contributed by atoms with E-state index < -0.39 is 0 Å². The van der Waals surface area contributed by atoms with Crippen molar-refractivity contribution in [2.45, 2.75) is 26.5 Å². The Morgan fingerprint density at radius 2 is 2.03 bits per heavy atom. The molecule has 1 unspecified atom stereocenters. The van der Waals surface area contributed by atoms with Gasteiger partial charge in [0.25, 0.3) is 5.91 Å². The molecule has 2 aromatic rings. The normalized spacial score (nSPS) is 16.1. The molecule has 33 heavy (non-hydrogen) atoms. The Balaban J connectivity index is 0.00000385. The van der Waals surface area contributed by atoms with E-state index in [1.165, 1.54) is 16.0 Å². The van der Waals surface area contributed by atoms with Gasteiger partial charge in [-0.15, -0.1) is 24.0 Å². The van der Waals surface area contributed by atoms with Gasteiger partial charge in [-0.1, -0.05) is 36.4 Å². The summed E-state index contributed by atoms with van der Waals surface area (Å²) >= 11 is 0. The summed E-state index contributed by atoms with van der Waals surface area (Å²) in [6, 6.07) is 16.1. The number of aliphatic imine (C=N–C) groups is 1. The molecule has 180 valence electrons. The summed E-state index contributed by atoms with van der Waals surface area (Å²) in [5.74, 6) is 1.48. The summed E-state index contributed by atoms with van der Waals surface area (Å²) in [6.07, 6.45) is 0.0276. The number of guanidine groups is 1. The average molecular weight is 566 g/mol. The van der Waals surface area contributed by atoms with Gasteiger partial charge in [-0.25, -0.2) is 4.99 Å². The molecule has 2 aromatic carbocycles. The maximum absolute atomic E-state index is 11.8. The zero-order chi connectivity index (χ0) is 22.9. The molecule has 0 spiro atoms. The van der Waals surface area contributed by atoms with Gasteiger partial charge in [0.15, 0.2) is 12.6 Å². The molecule has 1 amide bonds. The first-order chi connectivity index (χ1) is 15.5. The van der Waals surface area contributed by atoms with Gasteiger partial charge in [0.05, 0.1) is 19.7 Å². The molecule has 1 heterocycles. The molecular formula is C25H35IN4O3. The highest BCUT2D eigenvalue weighted by atomic mass is 127. The lowest BCUT2D eigenvalue weighted by molar-refractivity contribution is -0.130. The van der Waals surface area contributed by atoms with Crippen molar-refractivity contribution in [1.29, 1.82) is 0 Å². The first-order valence-electron chi connectivity index (χ1n) is 11.1. The fraction of sp³-hybridized carbons (Fsp3) is 0.440. The molecule has 1 atom stereocenters. The van der Waals surface area contributed by atoms with Crippen LogP contribution in [0.2, 0.25) is 0 Å². The van der Waals surface area contributed by atoms with Gasteiger partial charge >= 0.3 is 0 Å². The number of amides is 1. The number of benzene rings is 2. The number of hydrogen-bond acceptors (Lipinski definition) is 4. The molecule has 3 rings (SSSR count). The van der Waals surface area contributed by atoms with E-state index in [1.807, 2.05) is 24.3 Å². The van der Waals surface area contributed by atoms with Crippen LogP contribution in [0, 0.1) is 6.92 Å². The number of carbonyl (C=O) groups excluding carboxylic acids is 1. The van der Waals surface area contributed by atoms with E-state index in [1.54, 1.807) is 14.1 Å². The van der Waals surface area contributed by atoms with Crippen LogP contribution in [0.15, 0.2) is 53.5 Å². The van der Waals surface area contributed by atoms with Crippen molar-refractivity contribution in [2.24, 2.45) is 4.99 Å². The summed E-state index contributed by atoms with van der Waals surface area (Å²) in [6.45, 7) is 7.75. The number of halogens is 1. The number of hydrogen-bond donors (Lipinski definition) is 1. The van der Waals surface area contributed by atoms with Crippen LogP contribution in [0.3, 0.4) is 0 Å². The van der Waals surface area contributed by atoms with Crippen LogP contribution in [-0.2, 0) is 16.1 Å². The minimum absolute atomic E-state index is 0. The third kappa shape index (κ3) is 7.89. The zero-order valence-corrected chi connectivity index (χ0v) is 22.2. The molecule has 1 aliphatic rings. The molecule has 1 saturated heterocycles. The Morgan fingerprint density at radius 3 is 2.76 bits per heavy atom. The number of carbonyl (C=O) groups is 1. The van der Waals surface area contributed by atoms with Gasteiger partial charge in [-0.05, 0) is 42.7 Å². The maximum Gasteiger partial charge on any atom is 0.259 e. The van der Waals surface area contributed by atoms with Crippen molar-refractivity contribution in [2.75, 3.05) is 46.9 Å². The summed E-state index contributed by atoms with van der Waals surface area (Å²) < 4.78 is 11.7. The van der Waals surface area contributed by atoms with Gasteiger partial charge in [-0.2, -0.15) is 0 Å². The van der Waals surface area contributed by atoms with Gasteiger partial charge in [-0.3, -0.25) is 4.79 Å². The van der Waals surface area contributed by atoms with Crippen LogP contribution in [-0.4, -0.2) is 68.6 Å². The molecule has 0 radical (unpaired) electrons. The molecule has 0 bridgehead atoms. The van der Waals surface area contributed by atoms with E-state index in [2.05, 4.69) is 48.3 Å². The molecule has 1 N–H and O–H groups in total. The van der Waals surface area contributed by atoms with E-state index in [-0.39, 0.29) is 42.6 Å². The monoisotopic (exact) mass is 566 g/mol. The van der Waals surface area contributed by atoms with Crippen molar-refractivity contribution < 1.29 is 14.3 Å². The molecule has 0 aliphatic carbocycles. The predicted octanol–water partition coefficient (Wildman–Crippen LogP) is 3.62.